The Hall–Kier alpha value is -1.31. The topological polar surface area (TPSA) is 26.3 Å². The lowest BCUT2D eigenvalue weighted by Crippen LogP contribution is -1.98. The zero-order chi connectivity index (χ0) is 18.1. The van der Waals surface area contributed by atoms with Gasteiger partial charge >= 0.3 is 5.97 Å². The Kier molecular flexibility index (Phi) is 11.7. The number of allylic oxidation sites excluding steroid dienone is 6. The van der Waals surface area contributed by atoms with Crippen molar-refractivity contribution in [3.63, 3.8) is 0 Å². The van der Waals surface area contributed by atoms with Crippen LogP contribution in [0.2, 0.25) is 0 Å². The average Bonchev–Trinajstić information content (AvgIpc) is 2.53. The van der Waals surface area contributed by atoms with Gasteiger partial charge in [0.1, 0.15) is 0 Å². The van der Waals surface area contributed by atoms with Crippen LogP contribution in [0.1, 0.15) is 75.2 Å². The quantitative estimate of drug-likeness (QED) is 0.246. The van der Waals surface area contributed by atoms with Gasteiger partial charge in [-0.3, -0.25) is 4.79 Å². The van der Waals surface area contributed by atoms with Gasteiger partial charge in [0.25, 0.3) is 0 Å². The standard InChI is InChI=1S/C19H32O2/c1-3-4-5-6-7-8-9-10-11-12-13-14-15-16-17-18-19(20)21-2/h7-8,10-11,13-14H,3-6,9,12,15-18H2,1-2H3/b8-7-,11-10-,14-13-/i1D3. The zero-order valence-electron chi connectivity index (χ0n) is 16.4. The van der Waals surface area contributed by atoms with Gasteiger partial charge < -0.3 is 4.74 Å². The third-order valence-electron chi connectivity index (χ3n) is 3.07. The highest BCUT2D eigenvalue weighted by Gasteiger charge is 1.97. The molecule has 0 spiro atoms. The summed E-state index contributed by atoms with van der Waals surface area (Å²) < 4.78 is 25.9. The number of methoxy groups -OCH3 is 1. The van der Waals surface area contributed by atoms with Crippen LogP contribution in [0.5, 0.6) is 0 Å². The van der Waals surface area contributed by atoms with Crippen LogP contribution < -0.4 is 0 Å². The number of carbonyl (C=O) groups excluding carboxylic acids is 1. The Labute approximate surface area is 135 Å². The number of esters is 1. The highest BCUT2D eigenvalue weighted by atomic mass is 16.5. The smallest absolute Gasteiger partial charge is 0.305 e. The fraction of sp³-hybridized carbons (Fsp3) is 0.632. The molecule has 120 valence electrons. The molecule has 0 rings (SSSR count). The fourth-order valence-electron chi connectivity index (χ4n) is 1.80. The van der Waals surface area contributed by atoms with E-state index < -0.39 is 6.85 Å². The molecule has 0 aliphatic carbocycles. The third-order valence-corrected chi connectivity index (χ3v) is 3.07. The predicted molar refractivity (Wildman–Crippen MR) is 91.3 cm³/mol. The van der Waals surface area contributed by atoms with E-state index in [0.29, 0.717) is 12.8 Å². The molecule has 0 aromatic heterocycles. The van der Waals surface area contributed by atoms with Crippen molar-refractivity contribution in [2.45, 2.75) is 71.1 Å². The molecule has 2 heteroatoms. The molecule has 21 heavy (non-hydrogen) atoms. The summed E-state index contributed by atoms with van der Waals surface area (Å²) in [6.45, 7) is -1.78. The minimum atomic E-state index is -1.78. The maximum absolute atomic E-state index is 10.9. The molecule has 0 aromatic carbocycles. The molecule has 0 radical (unpaired) electrons. The second kappa shape index (κ2) is 16.7. The van der Waals surface area contributed by atoms with Gasteiger partial charge in [-0.05, 0) is 44.9 Å². The van der Waals surface area contributed by atoms with Crippen molar-refractivity contribution in [2.75, 3.05) is 7.11 Å². The SMILES string of the molecule is [2H]C([2H])([2H])CCCC/C=C\C/C=C\C/C=C\CCCCC(=O)OC. The molecule has 0 aliphatic heterocycles. The van der Waals surface area contributed by atoms with E-state index in [2.05, 4.69) is 41.2 Å². The first-order valence-corrected chi connectivity index (χ1v) is 7.97. The maximum Gasteiger partial charge on any atom is 0.305 e. The van der Waals surface area contributed by atoms with Crippen molar-refractivity contribution in [1.82, 2.24) is 0 Å². The lowest BCUT2D eigenvalue weighted by atomic mass is 10.2. The lowest BCUT2D eigenvalue weighted by Gasteiger charge is -1.96. The molecule has 0 aromatic rings. The van der Waals surface area contributed by atoms with Gasteiger partial charge in [-0.15, -0.1) is 0 Å². The Morgan fingerprint density at radius 1 is 0.905 bits per heavy atom. The Morgan fingerprint density at radius 3 is 2.05 bits per heavy atom. The van der Waals surface area contributed by atoms with Crippen LogP contribution in [0.15, 0.2) is 36.5 Å². The molecule has 0 unspecified atom stereocenters. The largest absolute Gasteiger partial charge is 0.469 e. The van der Waals surface area contributed by atoms with E-state index in [0.717, 1.165) is 51.4 Å². The summed E-state index contributed by atoms with van der Waals surface area (Å²) >= 11 is 0. The van der Waals surface area contributed by atoms with Gasteiger partial charge in [0, 0.05) is 10.5 Å². The zero-order valence-corrected chi connectivity index (χ0v) is 13.4. The molecular formula is C19H32O2. The Balaban J connectivity index is 3.41. The number of hydrogen-bond donors (Lipinski definition) is 0. The first kappa shape index (κ1) is 14.6. The van der Waals surface area contributed by atoms with E-state index in [9.17, 15) is 4.79 Å². The average molecular weight is 295 g/mol. The number of carbonyl (C=O) groups is 1. The lowest BCUT2D eigenvalue weighted by molar-refractivity contribution is -0.140. The number of rotatable bonds is 13. The van der Waals surface area contributed by atoms with Gasteiger partial charge in [-0.25, -0.2) is 0 Å². The monoisotopic (exact) mass is 295 g/mol. The normalized spacial score (nSPS) is 14.6. The van der Waals surface area contributed by atoms with Gasteiger partial charge in [0.2, 0.25) is 0 Å². The van der Waals surface area contributed by atoms with Crippen LogP contribution in [0.25, 0.3) is 0 Å². The molecule has 0 saturated carbocycles. The van der Waals surface area contributed by atoms with Gasteiger partial charge in [-0.2, -0.15) is 0 Å². The summed E-state index contributed by atoms with van der Waals surface area (Å²) in [6.07, 6.45) is 21.1. The predicted octanol–water partition coefficient (Wildman–Crippen LogP) is 5.75. The van der Waals surface area contributed by atoms with Crippen LogP contribution >= 0.6 is 0 Å². The van der Waals surface area contributed by atoms with Gasteiger partial charge in [0.05, 0.1) is 7.11 Å². The van der Waals surface area contributed by atoms with Crippen molar-refractivity contribution in [3.05, 3.63) is 36.5 Å². The van der Waals surface area contributed by atoms with Crippen LogP contribution in [0, 0.1) is 0 Å². The Bertz CT molecular complexity index is 396. The van der Waals surface area contributed by atoms with Crippen LogP contribution in [0.4, 0.5) is 0 Å². The molecule has 0 fully saturated rings. The maximum atomic E-state index is 10.9. The molecule has 0 heterocycles. The summed E-state index contributed by atoms with van der Waals surface area (Å²) in [5.74, 6) is -0.132. The van der Waals surface area contributed by atoms with Gasteiger partial charge in [0.15, 0.2) is 0 Å². The van der Waals surface area contributed by atoms with Crippen molar-refractivity contribution in [1.29, 1.82) is 0 Å². The van der Waals surface area contributed by atoms with Crippen LogP contribution in [-0.4, -0.2) is 13.1 Å². The summed E-state index contributed by atoms with van der Waals surface area (Å²) in [6, 6.07) is 0. The first-order chi connectivity index (χ1) is 11.5. The van der Waals surface area contributed by atoms with Crippen molar-refractivity contribution in [3.8, 4) is 0 Å². The molecule has 2 nitrogen and oxygen atoms in total. The minimum Gasteiger partial charge on any atom is -0.469 e. The van der Waals surface area contributed by atoms with Crippen molar-refractivity contribution in [2.24, 2.45) is 0 Å². The first-order valence-electron chi connectivity index (χ1n) is 9.47. The molecule has 0 bridgehead atoms. The van der Waals surface area contributed by atoms with E-state index in [4.69, 9.17) is 4.11 Å². The van der Waals surface area contributed by atoms with Crippen molar-refractivity contribution < 1.29 is 13.6 Å². The Morgan fingerprint density at radius 2 is 1.48 bits per heavy atom. The van der Waals surface area contributed by atoms with E-state index in [1.807, 2.05) is 0 Å². The summed E-state index contributed by atoms with van der Waals surface area (Å²) in [4.78, 5) is 10.9. The molecular weight excluding hydrogens is 260 g/mol. The molecule has 0 atom stereocenters. The fourth-order valence-corrected chi connectivity index (χ4v) is 1.80. The molecule has 0 saturated heterocycles. The second-order valence-corrected chi connectivity index (χ2v) is 4.95. The highest BCUT2D eigenvalue weighted by molar-refractivity contribution is 5.68. The summed E-state index contributed by atoms with van der Waals surface area (Å²) in [5.41, 5.74) is 0. The van der Waals surface area contributed by atoms with Crippen molar-refractivity contribution >= 4 is 5.97 Å². The summed E-state index contributed by atoms with van der Waals surface area (Å²) in [5, 5.41) is 0. The van der Waals surface area contributed by atoms with Crippen LogP contribution in [-0.2, 0) is 9.53 Å². The van der Waals surface area contributed by atoms with E-state index in [-0.39, 0.29) is 5.97 Å². The number of hydrogen-bond acceptors (Lipinski definition) is 2. The van der Waals surface area contributed by atoms with Crippen LogP contribution in [0.3, 0.4) is 0 Å². The molecule has 0 aliphatic rings. The second-order valence-electron chi connectivity index (χ2n) is 4.95. The van der Waals surface area contributed by atoms with E-state index in [1.165, 1.54) is 7.11 Å². The summed E-state index contributed by atoms with van der Waals surface area (Å²) in [7, 11) is 1.42. The molecule has 0 N–H and O–H groups in total. The molecule has 0 amide bonds. The van der Waals surface area contributed by atoms with E-state index in [1.54, 1.807) is 0 Å². The minimum absolute atomic E-state index is 0.132. The van der Waals surface area contributed by atoms with E-state index >= 15 is 0 Å². The van der Waals surface area contributed by atoms with Gasteiger partial charge in [-0.1, -0.05) is 56.1 Å². The number of ether oxygens (including phenoxy) is 1. The third kappa shape index (κ3) is 16.6. The highest BCUT2D eigenvalue weighted by Crippen LogP contribution is 2.03. The number of unbranched alkanes of at least 4 members (excludes halogenated alkanes) is 4.